The average molecular weight is 452 g/mol. The molecule has 7 nitrogen and oxygen atoms in total. The summed E-state index contributed by atoms with van der Waals surface area (Å²) in [5.41, 5.74) is 2.26. The van der Waals surface area contributed by atoms with Crippen LogP contribution in [0.1, 0.15) is 35.8 Å². The number of halogens is 3. The summed E-state index contributed by atoms with van der Waals surface area (Å²) in [4.78, 5) is 19.4. The zero-order valence-corrected chi connectivity index (χ0v) is 18.2. The van der Waals surface area contributed by atoms with Gasteiger partial charge in [0.05, 0.1) is 5.69 Å². The van der Waals surface area contributed by atoms with E-state index < -0.39 is 6.36 Å². The lowest BCUT2D eigenvalue weighted by atomic mass is 9.99. The fourth-order valence-corrected chi connectivity index (χ4v) is 3.92. The maximum absolute atomic E-state index is 13.1. The number of aliphatic hydroxyl groups excluding tert-OH is 1. The Hall–Kier alpha value is -3.01. The van der Waals surface area contributed by atoms with Gasteiger partial charge in [0, 0.05) is 45.1 Å². The number of rotatable bonds is 6. The molecule has 1 aliphatic heterocycles. The fraction of sp³-hybridized carbons (Fsp3) is 0.455. The van der Waals surface area contributed by atoms with Gasteiger partial charge < -0.3 is 24.6 Å². The van der Waals surface area contributed by atoms with Crippen LogP contribution in [0.25, 0.3) is 0 Å². The number of nitrogens with one attached hydrogen (secondary N) is 1. The van der Waals surface area contributed by atoms with Gasteiger partial charge in [0.2, 0.25) is 0 Å². The lowest BCUT2D eigenvalue weighted by Crippen LogP contribution is -2.41. The van der Waals surface area contributed by atoms with E-state index in [1.54, 1.807) is 36.6 Å². The van der Waals surface area contributed by atoms with E-state index in [0.717, 1.165) is 12.8 Å². The maximum Gasteiger partial charge on any atom is 0.573 e. The Morgan fingerprint density at radius 2 is 2.00 bits per heavy atom. The molecule has 3 rings (SSSR count). The zero-order valence-electron chi connectivity index (χ0n) is 18.2. The van der Waals surface area contributed by atoms with Gasteiger partial charge in [0.15, 0.2) is 0 Å². The van der Waals surface area contributed by atoms with Crippen molar-refractivity contribution in [2.45, 2.75) is 26.1 Å². The fourth-order valence-electron chi connectivity index (χ4n) is 3.92. The van der Waals surface area contributed by atoms with Crippen molar-refractivity contribution >= 4 is 23.1 Å². The van der Waals surface area contributed by atoms with Crippen molar-refractivity contribution in [3.8, 4) is 5.75 Å². The van der Waals surface area contributed by atoms with Gasteiger partial charge in [0.1, 0.15) is 17.3 Å². The molecule has 10 heteroatoms. The Labute approximate surface area is 184 Å². The molecule has 0 saturated carbocycles. The minimum absolute atomic E-state index is 0.0580. The molecule has 1 aromatic carbocycles. The number of aromatic nitrogens is 1. The number of amides is 1. The third kappa shape index (κ3) is 5.42. The van der Waals surface area contributed by atoms with Crippen LogP contribution in [0, 0.1) is 5.92 Å². The molecule has 32 heavy (non-hydrogen) atoms. The molecule has 1 saturated heterocycles. The van der Waals surface area contributed by atoms with Crippen molar-refractivity contribution < 1.29 is 27.8 Å². The van der Waals surface area contributed by atoms with Crippen LogP contribution in [0.3, 0.4) is 0 Å². The monoisotopic (exact) mass is 452 g/mol. The lowest BCUT2D eigenvalue weighted by molar-refractivity contribution is -0.274. The quantitative estimate of drug-likeness (QED) is 0.651. The number of ether oxygens (including phenoxy) is 1. The lowest BCUT2D eigenvalue weighted by Gasteiger charge is -2.31. The van der Waals surface area contributed by atoms with Crippen LogP contribution in [0.15, 0.2) is 35.3 Å². The van der Waals surface area contributed by atoms with Gasteiger partial charge in [-0.15, -0.1) is 13.2 Å². The normalized spacial score (nSPS) is 17.4. The zero-order chi connectivity index (χ0) is 23.5. The van der Waals surface area contributed by atoms with Crippen LogP contribution >= 0.6 is 0 Å². The molecule has 1 aromatic heterocycles. The third-order valence-corrected chi connectivity index (χ3v) is 5.51. The number of piperidine rings is 1. The van der Waals surface area contributed by atoms with Crippen molar-refractivity contribution in [3.05, 3.63) is 41.6 Å². The van der Waals surface area contributed by atoms with Gasteiger partial charge in [-0.05, 0) is 56.0 Å². The number of hydrogen-bond donors (Lipinski definition) is 2. The molecule has 0 spiro atoms. The third-order valence-electron chi connectivity index (χ3n) is 5.51. The highest BCUT2D eigenvalue weighted by Gasteiger charge is 2.31. The minimum atomic E-state index is -4.75. The van der Waals surface area contributed by atoms with Crippen molar-refractivity contribution in [1.29, 1.82) is 0 Å². The molecular formula is C22H27F3N4O3. The number of nitrogens with zero attached hydrogens (tertiary/aromatic N) is 3. The van der Waals surface area contributed by atoms with Crippen LogP contribution in [0.2, 0.25) is 0 Å². The number of aliphatic imine (C=N–C) groups is 1. The Kier molecular flexibility index (Phi) is 7.12. The van der Waals surface area contributed by atoms with Gasteiger partial charge in [-0.25, -0.2) is 0 Å². The van der Waals surface area contributed by atoms with Crippen LogP contribution in [0.5, 0.6) is 5.75 Å². The standard InChI is InChI=1S/C22H27F3N4O3/c1-14(27-16-6-8-17(9-7-16)32-22(23,24)25)18-11-19(28(3)20(18)26-2)21(31)29-10-4-5-15(12-29)13-30/h6-9,11,15,26,30H,4-5,10,12-13H2,1-3H3. The van der Waals surface area contributed by atoms with E-state index in [4.69, 9.17) is 0 Å². The number of anilines is 1. The predicted octanol–water partition coefficient (Wildman–Crippen LogP) is 3.95. The SMILES string of the molecule is CNc1c(C(C)=Nc2ccc(OC(F)(F)F)cc2)cc(C(=O)N2CCCC(CO)C2)n1C. The van der Waals surface area contributed by atoms with Crippen LogP contribution in [-0.4, -0.2) is 59.3 Å². The number of benzene rings is 1. The van der Waals surface area contributed by atoms with E-state index in [-0.39, 0.29) is 24.2 Å². The van der Waals surface area contributed by atoms with Crippen LogP contribution < -0.4 is 10.1 Å². The van der Waals surface area contributed by atoms with Gasteiger partial charge in [0.25, 0.3) is 5.91 Å². The predicted molar refractivity (Wildman–Crippen MR) is 116 cm³/mol. The largest absolute Gasteiger partial charge is 0.573 e. The molecule has 0 aliphatic carbocycles. The molecule has 0 bridgehead atoms. The maximum atomic E-state index is 13.1. The number of alkyl halides is 3. The minimum Gasteiger partial charge on any atom is -0.406 e. The van der Waals surface area contributed by atoms with Crippen molar-refractivity contribution in [2.24, 2.45) is 18.0 Å². The van der Waals surface area contributed by atoms with E-state index in [9.17, 15) is 23.1 Å². The first-order valence-corrected chi connectivity index (χ1v) is 10.3. The summed E-state index contributed by atoms with van der Waals surface area (Å²) in [7, 11) is 3.53. The molecule has 1 fully saturated rings. The molecule has 174 valence electrons. The van der Waals surface area contributed by atoms with E-state index in [1.807, 2.05) is 0 Å². The Morgan fingerprint density at radius 3 is 2.59 bits per heavy atom. The summed E-state index contributed by atoms with van der Waals surface area (Å²) in [5, 5.41) is 12.5. The molecule has 2 aromatic rings. The van der Waals surface area contributed by atoms with Crippen LogP contribution in [-0.2, 0) is 7.05 Å². The van der Waals surface area contributed by atoms with Gasteiger partial charge >= 0.3 is 6.36 Å². The highest BCUT2D eigenvalue weighted by Crippen LogP contribution is 2.28. The van der Waals surface area contributed by atoms with Gasteiger partial charge in [-0.3, -0.25) is 9.79 Å². The molecule has 2 N–H and O–H groups in total. The summed E-state index contributed by atoms with van der Waals surface area (Å²) in [6, 6.07) is 7.03. The molecule has 1 aliphatic rings. The first kappa shape index (κ1) is 23.6. The van der Waals surface area contributed by atoms with Gasteiger partial charge in [-0.1, -0.05) is 0 Å². The Bertz CT molecular complexity index is 984. The second kappa shape index (κ2) is 9.64. The summed E-state index contributed by atoms with van der Waals surface area (Å²) in [6.07, 6.45) is -3.00. The first-order chi connectivity index (χ1) is 15.1. The van der Waals surface area contributed by atoms with Gasteiger partial charge in [-0.2, -0.15) is 0 Å². The molecule has 1 amide bonds. The second-order valence-corrected chi connectivity index (χ2v) is 7.78. The topological polar surface area (TPSA) is 79.1 Å². The number of carbonyl (C=O) groups excluding carboxylic acids is 1. The number of carbonyl (C=O) groups is 1. The highest BCUT2D eigenvalue weighted by atomic mass is 19.4. The van der Waals surface area contributed by atoms with E-state index in [2.05, 4.69) is 15.0 Å². The summed E-state index contributed by atoms with van der Waals surface area (Å²) >= 11 is 0. The number of hydrogen-bond acceptors (Lipinski definition) is 5. The Balaban J connectivity index is 1.85. The molecule has 0 radical (unpaired) electrons. The molecule has 1 atom stereocenters. The van der Waals surface area contributed by atoms with Crippen molar-refractivity contribution in [1.82, 2.24) is 9.47 Å². The second-order valence-electron chi connectivity index (χ2n) is 7.78. The van der Waals surface area contributed by atoms with Crippen molar-refractivity contribution in [3.63, 3.8) is 0 Å². The van der Waals surface area contributed by atoms with Crippen LogP contribution in [0.4, 0.5) is 24.7 Å². The van der Waals surface area contributed by atoms with E-state index in [0.29, 0.717) is 41.6 Å². The number of aliphatic hydroxyl groups is 1. The van der Waals surface area contributed by atoms with E-state index in [1.165, 1.54) is 24.3 Å². The van der Waals surface area contributed by atoms with Crippen molar-refractivity contribution in [2.75, 3.05) is 32.1 Å². The highest BCUT2D eigenvalue weighted by molar-refractivity contribution is 6.07. The molecule has 2 heterocycles. The Morgan fingerprint density at radius 1 is 1.31 bits per heavy atom. The first-order valence-electron chi connectivity index (χ1n) is 10.3. The molecule has 1 unspecified atom stereocenters. The summed E-state index contributed by atoms with van der Waals surface area (Å²) in [6.45, 7) is 2.99. The smallest absolute Gasteiger partial charge is 0.406 e. The number of likely N-dealkylation sites (tertiary alicyclic amines) is 1. The summed E-state index contributed by atoms with van der Waals surface area (Å²) in [5.74, 6) is 0.348. The molecular weight excluding hydrogens is 425 g/mol. The van der Waals surface area contributed by atoms with E-state index >= 15 is 0 Å². The average Bonchev–Trinajstić information content (AvgIpc) is 3.10. The summed E-state index contributed by atoms with van der Waals surface area (Å²) < 4.78 is 42.7.